The fraction of sp³-hybridized carbons (Fsp3) is 0.632. The summed E-state index contributed by atoms with van der Waals surface area (Å²) < 4.78 is 11.1. The minimum Gasteiger partial charge on any atom is -0.376 e. The molecule has 0 aliphatic carbocycles. The maximum absolute atomic E-state index is 12.4. The minimum absolute atomic E-state index is 0.0969. The van der Waals surface area contributed by atoms with Crippen molar-refractivity contribution in [2.24, 2.45) is 0 Å². The molecule has 0 aromatic heterocycles. The van der Waals surface area contributed by atoms with Gasteiger partial charge >= 0.3 is 0 Å². The fourth-order valence-electron chi connectivity index (χ4n) is 3.47. The van der Waals surface area contributed by atoms with E-state index in [4.69, 9.17) is 9.47 Å². The largest absolute Gasteiger partial charge is 0.376 e. The lowest BCUT2D eigenvalue weighted by atomic mass is 10.2. The van der Waals surface area contributed by atoms with Crippen molar-refractivity contribution in [2.45, 2.75) is 32.3 Å². The summed E-state index contributed by atoms with van der Waals surface area (Å²) in [7, 11) is 0. The van der Waals surface area contributed by atoms with Gasteiger partial charge in [0.25, 0.3) is 0 Å². The van der Waals surface area contributed by atoms with Crippen molar-refractivity contribution in [3.05, 3.63) is 29.8 Å². The Labute approximate surface area is 144 Å². The van der Waals surface area contributed by atoms with Gasteiger partial charge in [-0.3, -0.25) is 4.79 Å². The van der Waals surface area contributed by atoms with E-state index in [1.54, 1.807) is 0 Å². The molecule has 0 unspecified atom stereocenters. The fourth-order valence-corrected chi connectivity index (χ4v) is 3.47. The molecule has 1 aromatic carbocycles. The number of amides is 1. The molecule has 2 fully saturated rings. The van der Waals surface area contributed by atoms with Gasteiger partial charge in [0, 0.05) is 38.5 Å². The van der Waals surface area contributed by atoms with E-state index in [2.05, 4.69) is 36.1 Å². The summed E-state index contributed by atoms with van der Waals surface area (Å²) >= 11 is 0. The number of anilines is 1. The van der Waals surface area contributed by atoms with E-state index in [0.29, 0.717) is 6.61 Å². The molecule has 5 heteroatoms. The van der Waals surface area contributed by atoms with Crippen molar-refractivity contribution >= 4 is 11.6 Å². The van der Waals surface area contributed by atoms with Crippen LogP contribution in [0.1, 0.15) is 24.8 Å². The van der Waals surface area contributed by atoms with Gasteiger partial charge in [-0.1, -0.05) is 18.2 Å². The molecule has 0 radical (unpaired) electrons. The zero-order valence-electron chi connectivity index (χ0n) is 14.6. The number of aryl methyl sites for hydroxylation is 1. The van der Waals surface area contributed by atoms with Crippen LogP contribution in [0.15, 0.2) is 24.3 Å². The van der Waals surface area contributed by atoms with E-state index in [-0.39, 0.29) is 18.6 Å². The number of carbonyl (C=O) groups excluding carboxylic acids is 1. The number of hydrogen-bond acceptors (Lipinski definition) is 4. The third kappa shape index (κ3) is 4.48. The number of ether oxygens (including phenoxy) is 2. The molecular formula is C19H28N2O3. The molecule has 2 aliphatic heterocycles. The van der Waals surface area contributed by atoms with Crippen LogP contribution in [-0.2, 0) is 14.3 Å². The Morgan fingerprint density at radius 2 is 2.08 bits per heavy atom. The molecule has 1 aromatic rings. The molecule has 1 atom stereocenters. The monoisotopic (exact) mass is 332 g/mol. The molecule has 24 heavy (non-hydrogen) atoms. The second kappa shape index (κ2) is 8.49. The highest BCUT2D eigenvalue weighted by Crippen LogP contribution is 2.21. The molecule has 0 spiro atoms. The number of nitrogens with zero attached hydrogens (tertiary/aromatic N) is 2. The van der Waals surface area contributed by atoms with E-state index in [9.17, 15) is 4.79 Å². The quantitative estimate of drug-likeness (QED) is 0.829. The summed E-state index contributed by atoms with van der Waals surface area (Å²) in [5.41, 5.74) is 2.57. The Bertz CT molecular complexity index is 543. The van der Waals surface area contributed by atoms with Gasteiger partial charge in [-0.15, -0.1) is 0 Å². The highest BCUT2D eigenvalue weighted by atomic mass is 16.5. The smallest absolute Gasteiger partial charge is 0.248 e. The Balaban J connectivity index is 1.46. The predicted molar refractivity (Wildman–Crippen MR) is 94.4 cm³/mol. The molecule has 1 amide bonds. The summed E-state index contributed by atoms with van der Waals surface area (Å²) in [6, 6.07) is 8.45. The van der Waals surface area contributed by atoms with Crippen molar-refractivity contribution in [2.75, 3.05) is 50.9 Å². The second-order valence-electron chi connectivity index (χ2n) is 6.66. The molecule has 0 saturated carbocycles. The first-order chi connectivity index (χ1) is 11.7. The molecule has 2 heterocycles. The molecule has 2 aliphatic rings. The zero-order chi connectivity index (χ0) is 16.8. The Kier molecular flexibility index (Phi) is 6.10. The summed E-state index contributed by atoms with van der Waals surface area (Å²) in [6.07, 6.45) is 3.32. The van der Waals surface area contributed by atoms with Gasteiger partial charge in [-0.2, -0.15) is 0 Å². The molecular weight excluding hydrogens is 304 g/mol. The number of carbonyl (C=O) groups is 1. The summed E-state index contributed by atoms with van der Waals surface area (Å²) in [4.78, 5) is 16.7. The highest BCUT2D eigenvalue weighted by Gasteiger charge is 2.21. The lowest BCUT2D eigenvalue weighted by Gasteiger charge is -2.25. The average Bonchev–Trinajstić information content (AvgIpc) is 2.98. The van der Waals surface area contributed by atoms with E-state index in [0.717, 1.165) is 52.0 Å². The molecule has 2 saturated heterocycles. The number of benzene rings is 1. The van der Waals surface area contributed by atoms with Gasteiger partial charge in [0.15, 0.2) is 0 Å². The van der Waals surface area contributed by atoms with Gasteiger partial charge in [-0.05, 0) is 37.8 Å². The van der Waals surface area contributed by atoms with Crippen molar-refractivity contribution in [1.82, 2.24) is 4.90 Å². The zero-order valence-corrected chi connectivity index (χ0v) is 14.6. The van der Waals surface area contributed by atoms with E-state index in [1.165, 1.54) is 11.3 Å². The SMILES string of the molecule is Cc1ccccc1N1CCCN(C(=O)COC[C@H]2CCCO2)CC1. The maximum atomic E-state index is 12.4. The lowest BCUT2D eigenvalue weighted by Crippen LogP contribution is -2.38. The van der Waals surface area contributed by atoms with Crippen LogP contribution in [0, 0.1) is 6.92 Å². The van der Waals surface area contributed by atoms with Crippen molar-refractivity contribution < 1.29 is 14.3 Å². The van der Waals surface area contributed by atoms with Crippen molar-refractivity contribution in [1.29, 1.82) is 0 Å². The van der Waals surface area contributed by atoms with Crippen molar-refractivity contribution in [3.8, 4) is 0 Å². The van der Waals surface area contributed by atoms with E-state index < -0.39 is 0 Å². The first kappa shape index (κ1) is 17.2. The predicted octanol–water partition coefficient (Wildman–Crippen LogP) is 2.23. The van der Waals surface area contributed by atoms with E-state index >= 15 is 0 Å². The van der Waals surface area contributed by atoms with E-state index in [1.807, 2.05) is 4.90 Å². The highest BCUT2D eigenvalue weighted by molar-refractivity contribution is 5.77. The first-order valence-corrected chi connectivity index (χ1v) is 9.02. The van der Waals surface area contributed by atoms with Crippen LogP contribution in [0.4, 0.5) is 5.69 Å². The van der Waals surface area contributed by atoms with Gasteiger partial charge in [0.05, 0.1) is 12.7 Å². The second-order valence-corrected chi connectivity index (χ2v) is 6.66. The molecule has 0 bridgehead atoms. The van der Waals surface area contributed by atoms with Crippen LogP contribution in [0.3, 0.4) is 0 Å². The topological polar surface area (TPSA) is 42.0 Å². The third-order valence-electron chi connectivity index (χ3n) is 4.86. The van der Waals surface area contributed by atoms with Crippen LogP contribution in [-0.4, -0.2) is 62.9 Å². The number of para-hydroxylation sites is 1. The van der Waals surface area contributed by atoms with Crippen molar-refractivity contribution in [3.63, 3.8) is 0 Å². The minimum atomic E-state index is 0.0969. The molecule has 132 valence electrons. The summed E-state index contributed by atoms with van der Waals surface area (Å²) in [5, 5.41) is 0. The molecule has 5 nitrogen and oxygen atoms in total. The Morgan fingerprint density at radius 1 is 1.21 bits per heavy atom. The first-order valence-electron chi connectivity index (χ1n) is 9.02. The van der Waals surface area contributed by atoms with Crippen LogP contribution in [0.5, 0.6) is 0 Å². The summed E-state index contributed by atoms with van der Waals surface area (Å²) in [5.74, 6) is 0.0969. The maximum Gasteiger partial charge on any atom is 0.248 e. The molecule has 3 rings (SSSR count). The Hall–Kier alpha value is -1.59. The van der Waals surface area contributed by atoms with Gasteiger partial charge in [0.1, 0.15) is 6.61 Å². The van der Waals surface area contributed by atoms with Crippen LogP contribution < -0.4 is 4.90 Å². The lowest BCUT2D eigenvalue weighted by molar-refractivity contribution is -0.137. The van der Waals surface area contributed by atoms with Gasteiger partial charge in [-0.25, -0.2) is 0 Å². The van der Waals surface area contributed by atoms with Gasteiger partial charge in [0.2, 0.25) is 5.91 Å². The molecule has 0 N–H and O–H groups in total. The van der Waals surface area contributed by atoms with Crippen LogP contribution in [0.2, 0.25) is 0 Å². The summed E-state index contributed by atoms with van der Waals surface area (Å²) in [6.45, 7) is 7.11. The Morgan fingerprint density at radius 3 is 2.88 bits per heavy atom. The van der Waals surface area contributed by atoms with Gasteiger partial charge < -0.3 is 19.3 Å². The third-order valence-corrected chi connectivity index (χ3v) is 4.86. The average molecular weight is 332 g/mol. The number of rotatable bonds is 5. The van der Waals surface area contributed by atoms with Crippen LogP contribution in [0.25, 0.3) is 0 Å². The van der Waals surface area contributed by atoms with Crippen LogP contribution >= 0.6 is 0 Å². The number of hydrogen-bond donors (Lipinski definition) is 0. The standard InChI is InChI=1S/C19H28N2O3/c1-16-6-2-3-8-18(16)20-9-5-10-21(12-11-20)19(22)15-23-14-17-7-4-13-24-17/h2-3,6,8,17H,4-5,7,9-15H2,1H3/t17-/m1/s1. The normalized spacial score (nSPS) is 21.8.